The van der Waals surface area contributed by atoms with Crippen LogP contribution < -0.4 is 5.32 Å². The number of benzene rings is 3. The number of halogens is 1. The molecule has 0 bridgehead atoms. The predicted octanol–water partition coefficient (Wildman–Crippen LogP) is 9.09. The summed E-state index contributed by atoms with van der Waals surface area (Å²) in [6.45, 7) is 15.3. The second kappa shape index (κ2) is 15.1. The normalized spacial score (nSPS) is 15.8. The first-order chi connectivity index (χ1) is 23.6. The van der Waals surface area contributed by atoms with Crippen LogP contribution in [0.4, 0.5) is 15.5 Å². The maximum atomic E-state index is 13.6. The van der Waals surface area contributed by atoms with Crippen LogP contribution in [0.25, 0.3) is 11.0 Å². The SMILES string of the molecule is C[C@H](N(Cc1ccc2c(c1)nc(NC(=O)c1ccc(Cl)cc1)n2C1CCCN(C(=O)OC(C)(C)C)C1)C(=O)OCc1ccccc1)C(C)(C)C. The summed E-state index contributed by atoms with van der Waals surface area (Å²) in [4.78, 5) is 48.5. The Kier molecular flexibility index (Phi) is 11.1. The molecule has 3 aromatic carbocycles. The first-order valence-corrected chi connectivity index (χ1v) is 17.5. The van der Waals surface area contributed by atoms with Gasteiger partial charge in [-0.1, -0.05) is 68.8 Å². The van der Waals surface area contributed by atoms with Gasteiger partial charge >= 0.3 is 12.2 Å². The zero-order valence-corrected chi connectivity index (χ0v) is 30.8. The van der Waals surface area contributed by atoms with E-state index in [4.69, 9.17) is 26.1 Å². The molecule has 1 aliphatic heterocycles. The molecule has 0 radical (unpaired) electrons. The number of rotatable bonds is 8. The molecular weight excluding hydrogens is 654 g/mol. The van der Waals surface area contributed by atoms with Crippen molar-refractivity contribution in [3.05, 3.63) is 94.5 Å². The number of amides is 3. The van der Waals surface area contributed by atoms with Crippen LogP contribution in [0.1, 0.15) is 88.8 Å². The van der Waals surface area contributed by atoms with Crippen molar-refractivity contribution < 1.29 is 23.9 Å². The van der Waals surface area contributed by atoms with Crippen LogP contribution in [0, 0.1) is 5.41 Å². The van der Waals surface area contributed by atoms with E-state index in [0.717, 1.165) is 29.5 Å². The van der Waals surface area contributed by atoms with E-state index in [1.807, 2.05) is 80.8 Å². The first-order valence-electron chi connectivity index (χ1n) is 17.1. The minimum atomic E-state index is -0.619. The molecule has 10 nitrogen and oxygen atoms in total. The summed E-state index contributed by atoms with van der Waals surface area (Å²) in [6.07, 6.45) is 0.771. The number of imidazole rings is 1. The van der Waals surface area contributed by atoms with Gasteiger partial charge in [-0.3, -0.25) is 10.1 Å². The number of nitrogens with one attached hydrogen (secondary N) is 1. The topological polar surface area (TPSA) is 106 Å². The molecule has 5 rings (SSSR count). The van der Waals surface area contributed by atoms with E-state index >= 15 is 0 Å². The zero-order valence-electron chi connectivity index (χ0n) is 30.0. The molecule has 1 aliphatic rings. The van der Waals surface area contributed by atoms with Crippen molar-refractivity contribution in [2.75, 3.05) is 18.4 Å². The van der Waals surface area contributed by atoms with E-state index < -0.39 is 11.7 Å². The molecule has 1 aromatic heterocycles. The molecule has 3 amide bonds. The minimum absolute atomic E-state index is 0.144. The highest BCUT2D eigenvalue weighted by Crippen LogP contribution is 2.33. The third-order valence-electron chi connectivity index (χ3n) is 9.01. The molecule has 11 heteroatoms. The molecule has 2 heterocycles. The third kappa shape index (κ3) is 9.15. The molecule has 0 aliphatic carbocycles. The second-order valence-corrected chi connectivity index (χ2v) is 15.5. The molecule has 0 saturated carbocycles. The van der Waals surface area contributed by atoms with Crippen LogP contribution in [0.2, 0.25) is 5.02 Å². The molecule has 1 N–H and O–H groups in total. The Balaban J connectivity index is 1.47. The predicted molar refractivity (Wildman–Crippen MR) is 196 cm³/mol. The Morgan fingerprint density at radius 3 is 2.34 bits per heavy atom. The number of carbonyl (C=O) groups excluding carboxylic acids is 3. The Hall–Kier alpha value is -4.57. The second-order valence-electron chi connectivity index (χ2n) is 15.0. The maximum absolute atomic E-state index is 13.6. The van der Waals surface area contributed by atoms with Crippen molar-refractivity contribution >= 4 is 46.7 Å². The summed E-state index contributed by atoms with van der Waals surface area (Å²) in [5.74, 6) is 0.0416. The lowest BCUT2D eigenvalue weighted by atomic mass is 9.87. The van der Waals surface area contributed by atoms with E-state index in [1.54, 1.807) is 34.1 Å². The average Bonchev–Trinajstić information content (AvgIpc) is 3.42. The van der Waals surface area contributed by atoms with Crippen molar-refractivity contribution in [1.29, 1.82) is 0 Å². The van der Waals surface area contributed by atoms with Gasteiger partial charge in [-0.2, -0.15) is 0 Å². The Morgan fingerprint density at radius 2 is 1.68 bits per heavy atom. The van der Waals surface area contributed by atoms with Crippen molar-refractivity contribution in [2.45, 2.75) is 92.1 Å². The van der Waals surface area contributed by atoms with Crippen LogP contribution in [0.5, 0.6) is 0 Å². The van der Waals surface area contributed by atoms with E-state index in [0.29, 0.717) is 41.7 Å². The number of piperidine rings is 1. The number of likely N-dealkylation sites (tertiary alicyclic amines) is 1. The molecule has 1 unspecified atom stereocenters. The lowest BCUT2D eigenvalue weighted by molar-refractivity contribution is 0.0174. The number of anilines is 1. The zero-order chi connectivity index (χ0) is 36.2. The number of fused-ring (bicyclic) bond motifs is 1. The molecule has 266 valence electrons. The van der Waals surface area contributed by atoms with Gasteiger partial charge in [0.25, 0.3) is 5.91 Å². The Bertz CT molecular complexity index is 1810. The van der Waals surface area contributed by atoms with Gasteiger partial charge in [0.1, 0.15) is 12.2 Å². The maximum Gasteiger partial charge on any atom is 0.410 e. The lowest BCUT2D eigenvalue weighted by Gasteiger charge is -2.37. The van der Waals surface area contributed by atoms with Gasteiger partial charge in [0.15, 0.2) is 0 Å². The first kappa shape index (κ1) is 36.7. The van der Waals surface area contributed by atoms with E-state index in [-0.39, 0.29) is 36.1 Å². The summed E-state index contributed by atoms with van der Waals surface area (Å²) in [5.41, 5.74) is 2.85. The summed E-state index contributed by atoms with van der Waals surface area (Å²) in [7, 11) is 0. The van der Waals surface area contributed by atoms with Crippen molar-refractivity contribution in [1.82, 2.24) is 19.4 Å². The average molecular weight is 702 g/mol. The fourth-order valence-corrected chi connectivity index (χ4v) is 6.09. The van der Waals surface area contributed by atoms with E-state index in [9.17, 15) is 14.4 Å². The van der Waals surface area contributed by atoms with Crippen LogP contribution in [0.3, 0.4) is 0 Å². The van der Waals surface area contributed by atoms with Gasteiger partial charge in [0.2, 0.25) is 5.95 Å². The highest BCUT2D eigenvalue weighted by atomic mass is 35.5. The number of hydrogen-bond acceptors (Lipinski definition) is 6. The molecule has 0 spiro atoms. The van der Waals surface area contributed by atoms with Crippen molar-refractivity contribution in [2.24, 2.45) is 5.41 Å². The quantitative estimate of drug-likeness (QED) is 0.196. The van der Waals surface area contributed by atoms with Crippen molar-refractivity contribution in [3.63, 3.8) is 0 Å². The van der Waals surface area contributed by atoms with Gasteiger partial charge in [0.05, 0.1) is 17.1 Å². The van der Waals surface area contributed by atoms with Crippen LogP contribution >= 0.6 is 11.6 Å². The third-order valence-corrected chi connectivity index (χ3v) is 9.26. The van der Waals surface area contributed by atoms with Gasteiger partial charge in [0, 0.05) is 36.3 Å². The monoisotopic (exact) mass is 701 g/mol. The fraction of sp³-hybridized carbons (Fsp3) is 0.436. The van der Waals surface area contributed by atoms with Gasteiger partial charge in [-0.25, -0.2) is 14.6 Å². The number of aromatic nitrogens is 2. The van der Waals surface area contributed by atoms with Crippen molar-refractivity contribution in [3.8, 4) is 0 Å². The van der Waals surface area contributed by atoms with Gasteiger partial charge < -0.3 is 23.8 Å². The van der Waals surface area contributed by atoms with E-state index in [1.165, 1.54) is 0 Å². The Labute approximate surface area is 299 Å². The minimum Gasteiger partial charge on any atom is -0.445 e. The largest absolute Gasteiger partial charge is 0.445 e. The smallest absolute Gasteiger partial charge is 0.410 e. The molecule has 1 fully saturated rings. The summed E-state index contributed by atoms with van der Waals surface area (Å²) in [5, 5.41) is 3.55. The molecule has 4 aromatic rings. The number of hydrogen-bond donors (Lipinski definition) is 1. The molecule has 1 saturated heterocycles. The number of carbonyl (C=O) groups is 3. The summed E-state index contributed by atoms with van der Waals surface area (Å²) in [6, 6.07) is 21.9. The fourth-order valence-electron chi connectivity index (χ4n) is 5.96. The van der Waals surface area contributed by atoms with Gasteiger partial charge in [-0.05, 0) is 93.5 Å². The molecular formula is C39H48ClN5O5. The number of ether oxygens (including phenoxy) is 2. The standard InChI is InChI=1S/C39H48ClN5O5/c1-26(38(2,3)4)44(37(48)49-25-27-12-9-8-10-13-27)23-28-15-20-33-32(22-28)41-35(42-34(46)29-16-18-30(40)19-17-29)45(33)31-14-11-21-43(24-31)36(47)50-39(5,6)7/h8-10,12-13,15-20,22,26,31H,11,14,21,23-25H2,1-7H3,(H,41,42,46)/t26-,31?/m0/s1. The van der Waals surface area contributed by atoms with Crippen LogP contribution in [-0.2, 0) is 22.6 Å². The highest BCUT2D eigenvalue weighted by molar-refractivity contribution is 6.30. The summed E-state index contributed by atoms with van der Waals surface area (Å²) >= 11 is 6.07. The van der Waals surface area contributed by atoms with Gasteiger partial charge in [-0.15, -0.1) is 0 Å². The van der Waals surface area contributed by atoms with E-state index in [2.05, 4.69) is 26.1 Å². The summed E-state index contributed by atoms with van der Waals surface area (Å²) < 4.78 is 13.5. The Morgan fingerprint density at radius 1 is 0.980 bits per heavy atom. The van der Waals surface area contributed by atoms with Crippen LogP contribution in [0.15, 0.2) is 72.8 Å². The number of nitrogens with zero attached hydrogens (tertiary/aromatic N) is 4. The van der Waals surface area contributed by atoms with Crippen LogP contribution in [-0.4, -0.2) is 62.2 Å². The molecule has 2 atom stereocenters. The molecule has 50 heavy (non-hydrogen) atoms. The highest BCUT2D eigenvalue weighted by Gasteiger charge is 2.33. The lowest BCUT2D eigenvalue weighted by Crippen LogP contribution is -2.45.